The zero-order chi connectivity index (χ0) is 13.0. The molecule has 3 N–H and O–H groups in total. The highest BCUT2D eigenvalue weighted by Crippen LogP contribution is 2.20. The fourth-order valence-corrected chi connectivity index (χ4v) is 2.44. The molecular weight excluding hydrogens is 228 g/mol. The van der Waals surface area contributed by atoms with Gasteiger partial charge in [-0.15, -0.1) is 0 Å². The lowest BCUT2D eigenvalue weighted by Crippen LogP contribution is -2.54. The van der Waals surface area contributed by atoms with Crippen molar-refractivity contribution in [2.24, 2.45) is 5.73 Å². The molecule has 1 heterocycles. The number of nitrogens with two attached hydrogens (primary N) is 1. The maximum Gasteiger partial charge on any atom is 0.0772 e. The molecule has 2 atom stereocenters. The van der Waals surface area contributed by atoms with Crippen molar-refractivity contribution in [3.8, 4) is 0 Å². The SMILES string of the molecule is CC1CN(CC(N)(CO)c2ccccc2)CCO1. The minimum absolute atomic E-state index is 0.0528. The molecule has 0 bridgehead atoms. The summed E-state index contributed by atoms with van der Waals surface area (Å²) in [5, 5.41) is 9.65. The summed E-state index contributed by atoms with van der Waals surface area (Å²) >= 11 is 0. The van der Waals surface area contributed by atoms with E-state index in [2.05, 4.69) is 11.8 Å². The third kappa shape index (κ3) is 3.09. The van der Waals surface area contributed by atoms with Crippen molar-refractivity contribution < 1.29 is 9.84 Å². The van der Waals surface area contributed by atoms with Crippen LogP contribution in [-0.4, -0.2) is 49.0 Å². The number of hydrogen-bond donors (Lipinski definition) is 2. The quantitative estimate of drug-likeness (QED) is 0.819. The van der Waals surface area contributed by atoms with Gasteiger partial charge in [-0.1, -0.05) is 30.3 Å². The highest BCUT2D eigenvalue weighted by Gasteiger charge is 2.30. The molecule has 0 aromatic heterocycles. The molecule has 0 radical (unpaired) electrons. The molecule has 0 aliphatic carbocycles. The first-order chi connectivity index (χ1) is 8.64. The predicted octanol–water partition coefficient (Wildman–Crippen LogP) is 0.554. The van der Waals surface area contributed by atoms with Crippen molar-refractivity contribution in [2.75, 3.05) is 32.8 Å². The topological polar surface area (TPSA) is 58.7 Å². The zero-order valence-electron chi connectivity index (χ0n) is 10.9. The number of aliphatic hydroxyl groups excluding tert-OH is 1. The summed E-state index contributed by atoms with van der Waals surface area (Å²) in [5.41, 5.74) is 6.64. The standard InChI is InChI=1S/C14H22N2O2/c1-12-9-16(7-8-18-12)10-14(15,11-17)13-5-3-2-4-6-13/h2-6,12,17H,7-11,15H2,1H3. The molecule has 0 spiro atoms. The van der Waals surface area contributed by atoms with E-state index < -0.39 is 5.54 Å². The number of aliphatic hydroxyl groups is 1. The van der Waals surface area contributed by atoms with Gasteiger partial charge in [-0.3, -0.25) is 4.90 Å². The van der Waals surface area contributed by atoms with Crippen LogP contribution in [-0.2, 0) is 10.3 Å². The Bertz CT molecular complexity index is 371. The van der Waals surface area contributed by atoms with Crippen LogP contribution in [0.1, 0.15) is 12.5 Å². The van der Waals surface area contributed by atoms with Gasteiger partial charge >= 0.3 is 0 Å². The Hall–Kier alpha value is -0.940. The molecule has 1 saturated heterocycles. The Kier molecular flexibility index (Phi) is 4.35. The Labute approximate surface area is 108 Å². The number of nitrogens with zero attached hydrogens (tertiary/aromatic N) is 1. The fourth-order valence-electron chi connectivity index (χ4n) is 2.44. The van der Waals surface area contributed by atoms with Crippen molar-refractivity contribution in [1.82, 2.24) is 4.90 Å². The number of hydrogen-bond acceptors (Lipinski definition) is 4. The Morgan fingerprint density at radius 3 is 2.78 bits per heavy atom. The largest absolute Gasteiger partial charge is 0.394 e. The van der Waals surface area contributed by atoms with Gasteiger partial charge in [-0.25, -0.2) is 0 Å². The second kappa shape index (κ2) is 5.80. The molecule has 1 aliphatic heterocycles. The summed E-state index contributed by atoms with van der Waals surface area (Å²) in [5.74, 6) is 0. The molecule has 1 aliphatic rings. The molecule has 1 aromatic rings. The first-order valence-corrected chi connectivity index (χ1v) is 6.43. The van der Waals surface area contributed by atoms with Crippen molar-refractivity contribution in [2.45, 2.75) is 18.6 Å². The van der Waals surface area contributed by atoms with Crippen LogP contribution in [0.2, 0.25) is 0 Å². The van der Waals surface area contributed by atoms with Crippen LogP contribution in [0.3, 0.4) is 0 Å². The molecule has 4 heteroatoms. The Morgan fingerprint density at radius 1 is 1.44 bits per heavy atom. The summed E-state index contributed by atoms with van der Waals surface area (Å²) in [6, 6.07) is 9.81. The number of benzene rings is 1. The van der Waals surface area contributed by atoms with E-state index in [-0.39, 0.29) is 12.7 Å². The summed E-state index contributed by atoms with van der Waals surface area (Å²) in [6.45, 7) is 5.13. The lowest BCUT2D eigenvalue weighted by Gasteiger charge is -2.38. The summed E-state index contributed by atoms with van der Waals surface area (Å²) in [7, 11) is 0. The van der Waals surface area contributed by atoms with Gasteiger partial charge in [0.15, 0.2) is 0 Å². The van der Waals surface area contributed by atoms with Gasteiger partial charge in [0.25, 0.3) is 0 Å². The van der Waals surface area contributed by atoms with E-state index in [1.165, 1.54) is 0 Å². The summed E-state index contributed by atoms with van der Waals surface area (Å²) < 4.78 is 5.52. The van der Waals surface area contributed by atoms with E-state index in [9.17, 15) is 5.11 Å². The molecule has 1 fully saturated rings. The Balaban J connectivity index is 2.08. The third-order valence-corrected chi connectivity index (χ3v) is 3.46. The predicted molar refractivity (Wildman–Crippen MR) is 71.2 cm³/mol. The maximum atomic E-state index is 9.65. The van der Waals surface area contributed by atoms with Crippen LogP contribution in [0.15, 0.2) is 30.3 Å². The highest BCUT2D eigenvalue weighted by molar-refractivity contribution is 5.24. The van der Waals surface area contributed by atoms with Crippen molar-refractivity contribution >= 4 is 0 Å². The first kappa shape index (κ1) is 13.5. The third-order valence-electron chi connectivity index (χ3n) is 3.46. The van der Waals surface area contributed by atoms with Gasteiger partial charge in [0.05, 0.1) is 24.9 Å². The highest BCUT2D eigenvalue weighted by atomic mass is 16.5. The fraction of sp³-hybridized carbons (Fsp3) is 0.571. The average Bonchev–Trinajstić information content (AvgIpc) is 2.39. The van der Waals surface area contributed by atoms with Crippen molar-refractivity contribution in [3.63, 3.8) is 0 Å². The molecule has 100 valence electrons. The second-order valence-corrected chi connectivity index (χ2v) is 5.10. The number of morpholine rings is 1. The number of rotatable bonds is 4. The van der Waals surface area contributed by atoms with Gasteiger partial charge in [0, 0.05) is 19.6 Å². The molecule has 0 amide bonds. The molecule has 4 nitrogen and oxygen atoms in total. The summed E-state index contributed by atoms with van der Waals surface area (Å²) in [4.78, 5) is 2.26. The van der Waals surface area contributed by atoms with Gasteiger partial charge < -0.3 is 15.6 Å². The van der Waals surface area contributed by atoms with Gasteiger partial charge in [0.1, 0.15) is 0 Å². The van der Waals surface area contributed by atoms with E-state index in [0.29, 0.717) is 6.54 Å². The zero-order valence-corrected chi connectivity index (χ0v) is 10.9. The monoisotopic (exact) mass is 250 g/mol. The van der Waals surface area contributed by atoms with E-state index in [0.717, 1.165) is 25.3 Å². The summed E-state index contributed by atoms with van der Waals surface area (Å²) in [6.07, 6.45) is 0.234. The van der Waals surface area contributed by atoms with Crippen molar-refractivity contribution in [3.05, 3.63) is 35.9 Å². The van der Waals surface area contributed by atoms with Crippen LogP contribution in [0.25, 0.3) is 0 Å². The van der Waals surface area contributed by atoms with Crippen molar-refractivity contribution in [1.29, 1.82) is 0 Å². The van der Waals surface area contributed by atoms with E-state index in [4.69, 9.17) is 10.5 Å². The van der Waals surface area contributed by atoms with Gasteiger partial charge in [-0.05, 0) is 12.5 Å². The second-order valence-electron chi connectivity index (χ2n) is 5.10. The van der Waals surface area contributed by atoms with Crippen LogP contribution in [0.5, 0.6) is 0 Å². The molecular formula is C14H22N2O2. The first-order valence-electron chi connectivity index (χ1n) is 6.43. The van der Waals surface area contributed by atoms with Gasteiger partial charge in [0.2, 0.25) is 0 Å². The lowest BCUT2D eigenvalue weighted by molar-refractivity contribution is -0.0289. The van der Waals surface area contributed by atoms with E-state index in [1.807, 2.05) is 30.3 Å². The van der Waals surface area contributed by atoms with Crippen LogP contribution in [0.4, 0.5) is 0 Å². The van der Waals surface area contributed by atoms with Crippen LogP contribution in [0, 0.1) is 0 Å². The Morgan fingerprint density at radius 2 is 2.17 bits per heavy atom. The van der Waals surface area contributed by atoms with E-state index >= 15 is 0 Å². The lowest BCUT2D eigenvalue weighted by atomic mass is 9.91. The normalized spacial score (nSPS) is 24.7. The van der Waals surface area contributed by atoms with Crippen LogP contribution < -0.4 is 5.73 Å². The molecule has 1 aromatic carbocycles. The molecule has 0 saturated carbocycles. The molecule has 2 rings (SSSR count). The number of ether oxygens (including phenoxy) is 1. The minimum atomic E-state index is -0.696. The van der Waals surface area contributed by atoms with Gasteiger partial charge in [-0.2, -0.15) is 0 Å². The smallest absolute Gasteiger partial charge is 0.0772 e. The van der Waals surface area contributed by atoms with E-state index in [1.54, 1.807) is 0 Å². The molecule has 18 heavy (non-hydrogen) atoms. The maximum absolute atomic E-state index is 9.65. The average molecular weight is 250 g/mol. The molecule has 2 unspecified atom stereocenters. The minimum Gasteiger partial charge on any atom is -0.394 e. The van der Waals surface area contributed by atoms with Crippen LogP contribution >= 0.6 is 0 Å².